The Balaban J connectivity index is 2.22. The second kappa shape index (κ2) is 5.12. The maximum absolute atomic E-state index is 13.8. The highest BCUT2D eigenvalue weighted by Crippen LogP contribution is 2.31. The average molecular weight is 269 g/mol. The quantitative estimate of drug-likeness (QED) is 0.930. The Bertz CT molecular complexity index is 525. The summed E-state index contributed by atoms with van der Waals surface area (Å²) in [5.41, 5.74) is 6.49. The van der Waals surface area contributed by atoms with Gasteiger partial charge in [-0.2, -0.15) is 4.37 Å². The lowest BCUT2D eigenvalue weighted by atomic mass is 10.1. The summed E-state index contributed by atoms with van der Waals surface area (Å²) in [7, 11) is 0. The number of rotatable bonds is 3. The van der Waals surface area contributed by atoms with Gasteiger partial charge in [-0.25, -0.2) is 9.37 Å². The summed E-state index contributed by atoms with van der Waals surface area (Å²) >= 11 is 2.56. The topological polar surface area (TPSA) is 51.8 Å². The van der Waals surface area contributed by atoms with Crippen LogP contribution in [0.2, 0.25) is 0 Å². The minimum atomic E-state index is -0.266. The van der Waals surface area contributed by atoms with Crippen LogP contribution in [0, 0.1) is 12.7 Å². The first-order chi connectivity index (χ1) is 8.06. The molecule has 0 unspecified atom stereocenters. The molecule has 0 aliphatic rings. The number of hydrogen-bond acceptors (Lipinski definition) is 5. The molecule has 0 radical (unpaired) electrons. The van der Waals surface area contributed by atoms with E-state index in [0.717, 1.165) is 9.90 Å². The minimum absolute atomic E-state index is 0.160. The first-order valence-electron chi connectivity index (χ1n) is 5.09. The lowest BCUT2D eigenvalue weighted by Gasteiger charge is -2.07. The Labute approximate surface area is 107 Å². The summed E-state index contributed by atoms with van der Waals surface area (Å²) in [6.07, 6.45) is 0. The number of hydrogen-bond donors (Lipinski definition) is 1. The average Bonchev–Trinajstić information content (AvgIpc) is 2.67. The summed E-state index contributed by atoms with van der Waals surface area (Å²) in [5.74, 6) is 0.447. The van der Waals surface area contributed by atoms with E-state index in [1.807, 2.05) is 19.9 Å². The molecule has 2 aromatic rings. The summed E-state index contributed by atoms with van der Waals surface area (Å²) < 4.78 is 18.6. The highest BCUT2D eigenvalue weighted by molar-refractivity contribution is 8.01. The number of nitrogens with two attached hydrogens (primary N) is 1. The molecule has 6 heteroatoms. The molecule has 2 rings (SSSR count). The zero-order chi connectivity index (χ0) is 12.4. The predicted molar refractivity (Wildman–Crippen MR) is 67.8 cm³/mol. The first-order valence-corrected chi connectivity index (χ1v) is 6.68. The van der Waals surface area contributed by atoms with E-state index in [9.17, 15) is 4.39 Å². The van der Waals surface area contributed by atoms with E-state index >= 15 is 0 Å². The van der Waals surface area contributed by atoms with Gasteiger partial charge in [0.05, 0.1) is 4.90 Å². The monoisotopic (exact) mass is 269 g/mol. The molecular weight excluding hydrogens is 257 g/mol. The number of nitrogens with zero attached hydrogens (tertiary/aromatic N) is 2. The van der Waals surface area contributed by atoms with Crippen LogP contribution in [0.25, 0.3) is 0 Å². The number of aromatic nitrogens is 2. The molecule has 17 heavy (non-hydrogen) atoms. The van der Waals surface area contributed by atoms with Crippen molar-refractivity contribution in [2.45, 2.75) is 29.1 Å². The van der Waals surface area contributed by atoms with Gasteiger partial charge < -0.3 is 5.73 Å². The number of halogens is 1. The van der Waals surface area contributed by atoms with E-state index in [1.54, 1.807) is 6.07 Å². The van der Waals surface area contributed by atoms with Gasteiger partial charge >= 0.3 is 0 Å². The molecule has 0 aliphatic carbocycles. The molecule has 0 bridgehead atoms. The minimum Gasteiger partial charge on any atom is -0.324 e. The third kappa shape index (κ3) is 3.02. The molecule has 90 valence electrons. The summed E-state index contributed by atoms with van der Waals surface area (Å²) in [6.45, 7) is 3.64. The molecule has 0 saturated carbocycles. The summed E-state index contributed by atoms with van der Waals surface area (Å²) in [5, 5.41) is 0. The number of aryl methyl sites for hydroxylation is 1. The van der Waals surface area contributed by atoms with Crippen molar-refractivity contribution in [3.05, 3.63) is 35.4 Å². The van der Waals surface area contributed by atoms with Crippen LogP contribution in [-0.2, 0) is 0 Å². The normalized spacial score (nSPS) is 12.7. The second-order valence-electron chi connectivity index (χ2n) is 3.69. The Morgan fingerprint density at radius 2 is 2.24 bits per heavy atom. The van der Waals surface area contributed by atoms with Crippen LogP contribution in [0.1, 0.15) is 24.4 Å². The van der Waals surface area contributed by atoms with Gasteiger partial charge in [0.25, 0.3) is 0 Å². The van der Waals surface area contributed by atoms with Crippen LogP contribution < -0.4 is 5.73 Å². The van der Waals surface area contributed by atoms with Crippen molar-refractivity contribution in [2.75, 3.05) is 0 Å². The molecule has 1 aromatic heterocycles. The smallest absolute Gasteiger partial charge is 0.174 e. The van der Waals surface area contributed by atoms with Crippen LogP contribution in [-0.4, -0.2) is 9.36 Å². The Hall–Kier alpha value is -0.980. The maximum atomic E-state index is 13.8. The van der Waals surface area contributed by atoms with Gasteiger partial charge in [-0.1, -0.05) is 17.8 Å². The Morgan fingerprint density at radius 3 is 2.76 bits per heavy atom. The predicted octanol–water partition coefficient (Wildman–Crippen LogP) is 3.16. The maximum Gasteiger partial charge on any atom is 0.174 e. The van der Waals surface area contributed by atoms with Gasteiger partial charge in [-0.05, 0) is 43.1 Å². The van der Waals surface area contributed by atoms with Crippen molar-refractivity contribution in [1.82, 2.24) is 9.36 Å². The fraction of sp³-hybridized carbons (Fsp3) is 0.273. The molecular formula is C11H12FN3S2. The third-order valence-electron chi connectivity index (χ3n) is 2.19. The molecule has 1 atom stereocenters. The van der Waals surface area contributed by atoms with E-state index in [2.05, 4.69) is 9.36 Å². The lowest BCUT2D eigenvalue weighted by Crippen LogP contribution is -2.05. The van der Waals surface area contributed by atoms with Crippen LogP contribution in [0.5, 0.6) is 0 Å². The second-order valence-corrected chi connectivity index (χ2v) is 5.73. The molecule has 0 aliphatic heterocycles. The van der Waals surface area contributed by atoms with Crippen LogP contribution in [0.3, 0.4) is 0 Å². The standard InChI is InChI=1S/C11H12FN3S2/c1-6(13)8-3-4-10(9(12)5-8)16-11-14-7(2)15-17-11/h3-6H,13H2,1-2H3/t6-/m0/s1. The molecule has 0 saturated heterocycles. The van der Waals surface area contributed by atoms with Crippen molar-refractivity contribution in [3.63, 3.8) is 0 Å². The zero-order valence-corrected chi connectivity index (χ0v) is 11.1. The van der Waals surface area contributed by atoms with Crippen molar-refractivity contribution in [1.29, 1.82) is 0 Å². The summed E-state index contributed by atoms with van der Waals surface area (Å²) in [6, 6.07) is 4.88. The van der Waals surface area contributed by atoms with Crippen LogP contribution in [0.4, 0.5) is 4.39 Å². The molecule has 2 N–H and O–H groups in total. The van der Waals surface area contributed by atoms with E-state index in [4.69, 9.17) is 5.73 Å². The van der Waals surface area contributed by atoms with Crippen LogP contribution in [0.15, 0.2) is 27.4 Å². The largest absolute Gasteiger partial charge is 0.324 e. The van der Waals surface area contributed by atoms with Gasteiger partial charge in [-0.15, -0.1) is 0 Å². The van der Waals surface area contributed by atoms with E-state index in [1.165, 1.54) is 29.4 Å². The summed E-state index contributed by atoms with van der Waals surface area (Å²) in [4.78, 5) is 4.73. The molecule has 0 amide bonds. The first kappa shape index (κ1) is 12.5. The van der Waals surface area contributed by atoms with Gasteiger partial charge in [0.2, 0.25) is 0 Å². The zero-order valence-electron chi connectivity index (χ0n) is 9.48. The van der Waals surface area contributed by atoms with Gasteiger partial charge in [0.1, 0.15) is 11.6 Å². The van der Waals surface area contributed by atoms with Gasteiger partial charge in [0.15, 0.2) is 4.34 Å². The van der Waals surface area contributed by atoms with E-state index < -0.39 is 0 Å². The fourth-order valence-corrected chi connectivity index (χ4v) is 2.91. The van der Waals surface area contributed by atoms with E-state index in [0.29, 0.717) is 10.7 Å². The van der Waals surface area contributed by atoms with Crippen molar-refractivity contribution in [2.24, 2.45) is 5.73 Å². The van der Waals surface area contributed by atoms with Crippen molar-refractivity contribution >= 4 is 23.3 Å². The Morgan fingerprint density at radius 1 is 1.47 bits per heavy atom. The van der Waals surface area contributed by atoms with Gasteiger partial charge in [0, 0.05) is 6.04 Å². The lowest BCUT2D eigenvalue weighted by molar-refractivity contribution is 0.596. The van der Waals surface area contributed by atoms with Crippen LogP contribution >= 0.6 is 23.3 Å². The van der Waals surface area contributed by atoms with Gasteiger partial charge in [-0.3, -0.25) is 0 Å². The molecule has 0 spiro atoms. The molecule has 0 fully saturated rings. The SMILES string of the molecule is Cc1nsc(Sc2ccc([C@H](C)N)cc2F)n1. The van der Waals surface area contributed by atoms with Crippen molar-refractivity contribution in [3.8, 4) is 0 Å². The highest BCUT2D eigenvalue weighted by Gasteiger charge is 2.10. The highest BCUT2D eigenvalue weighted by atomic mass is 32.2. The third-order valence-corrected chi connectivity index (χ3v) is 4.08. The molecule has 3 nitrogen and oxygen atoms in total. The Kier molecular flexibility index (Phi) is 3.76. The fourth-order valence-electron chi connectivity index (χ4n) is 1.30. The van der Waals surface area contributed by atoms with E-state index in [-0.39, 0.29) is 11.9 Å². The number of benzene rings is 1. The molecule has 1 heterocycles. The molecule has 1 aromatic carbocycles. The van der Waals surface area contributed by atoms with Crippen molar-refractivity contribution < 1.29 is 4.39 Å².